The van der Waals surface area contributed by atoms with E-state index in [0.29, 0.717) is 0 Å². The minimum atomic E-state index is -6.97. The third-order valence-corrected chi connectivity index (χ3v) is 1.42. The zero-order valence-corrected chi connectivity index (χ0v) is 8.79. The number of hydrogen-bond donors (Lipinski definition) is 0. The fourth-order valence-electron chi connectivity index (χ4n) is 0.540. The maximum absolute atomic E-state index is 12.4. The molecule has 0 rings (SSSR count). The molecular formula is C6F11O4-. The molecule has 0 fully saturated rings. The number of carboxylic acids is 1. The topological polar surface area (TPSA) is 58.6 Å². The minimum Gasteiger partial charge on any atom is -0.542 e. The van der Waals surface area contributed by atoms with E-state index in [2.05, 4.69) is 0 Å². The van der Waals surface area contributed by atoms with Crippen LogP contribution in [0.4, 0.5) is 48.3 Å². The third-order valence-electron chi connectivity index (χ3n) is 1.42. The second kappa shape index (κ2) is 5.11. The molecule has 0 heterocycles. The highest BCUT2D eigenvalue weighted by atomic mass is 19.4. The Bertz CT molecular complexity index is 400. The number of rotatable bonds is 6. The molecule has 0 aliphatic rings. The number of carbonyl (C=O) groups is 1. The number of halogens is 11. The zero-order chi connectivity index (χ0) is 17.5. The lowest BCUT2D eigenvalue weighted by atomic mass is 10.5. The van der Waals surface area contributed by atoms with Gasteiger partial charge in [0.15, 0.2) is 0 Å². The molecule has 4 nitrogen and oxygen atoms in total. The van der Waals surface area contributed by atoms with E-state index in [9.17, 15) is 58.2 Å². The Hall–Kier alpha value is -1.38. The van der Waals surface area contributed by atoms with Crippen LogP contribution in [0.15, 0.2) is 0 Å². The summed E-state index contributed by atoms with van der Waals surface area (Å²) in [6.07, 6.45) is -33.7. The Balaban J connectivity index is 5.36. The van der Waals surface area contributed by atoms with Crippen LogP contribution in [0.3, 0.4) is 0 Å². The summed E-state index contributed by atoms with van der Waals surface area (Å²) in [7, 11) is 0. The zero-order valence-electron chi connectivity index (χ0n) is 8.79. The summed E-state index contributed by atoms with van der Waals surface area (Å²) in [6.45, 7) is 0. The molecule has 0 aliphatic carbocycles. The van der Waals surface area contributed by atoms with E-state index in [-0.39, 0.29) is 0 Å². The first kappa shape index (κ1) is 19.6. The van der Waals surface area contributed by atoms with Crippen molar-refractivity contribution in [2.45, 2.75) is 30.6 Å². The summed E-state index contributed by atoms with van der Waals surface area (Å²) in [6, 6.07) is 0. The quantitative estimate of drug-likeness (QED) is 0.688. The lowest BCUT2D eigenvalue weighted by molar-refractivity contribution is -0.536. The largest absolute Gasteiger partial charge is 0.542 e. The van der Waals surface area contributed by atoms with Crippen molar-refractivity contribution in [3.8, 4) is 0 Å². The van der Waals surface area contributed by atoms with Crippen LogP contribution in [-0.2, 0) is 14.3 Å². The van der Waals surface area contributed by atoms with Crippen LogP contribution in [-0.4, -0.2) is 36.6 Å². The van der Waals surface area contributed by atoms with E-state index >= 15 is 0 Å². The number of carbonyl (C=O) groups excluding carboxylic acids is 1. The number of ether oxygens (including phenoxy) is 2. The van der Waals surface area contributed by atoms with E-state index in [1.807, 2.05) is 0 Å². The van der Waals surface area contributed by atoms with Crippen molar-refractivity contribution in [3.63, 3.8) is 0 Å². The first-order valence-corrected chi connectivity index (χ1v) is 4.05. The van der Waals surface area contributed by atoms with Gasteiger partial charge < -0.3 is 9.90 Å². The van der Waals surface area contributed by atoms with Crippen molar-refractivity contribution in [3.05, 3.63) is 0 Å². The van der Waals surface area contributed by atoms with Crippen LogP contribution in [0.1, 0.15) is 0 Å². The Morgan fingerprint density at radius 1 is 0.667 bits per heavy atom. The van der Waals surface area contributed by atoms with E-state index in [0.717, 1.165) is 0 Å². The molecular weight excluding hydrogens is 345 g/mol. The van der Waals surface area contributed by atoms with Gasteiger partial charge >= 0.3 is 30.6 Å². The van der Waals surface area contributed by atoms with Gasteiger partial charge in [-0.05, 0) is 0 Å². The van der Waals surface area contributed by atoms with Crippen molar-refractivity contribution in [1.82, 2.24) is 0 Å². The average molecular weight is 345 g/mol. The smallest absolute Gasteiger partial charge is 0.483 e. The monoisotopic (exact) mass is 345 g/mol. The fourth-order valence-corrected chi connectivity index (χ4v) is 0.540. The van der Waals surface area contributed by atoms with Gasteiger partial charge in [-0.25, -0.2) is 9.47 Å². The molecule has 0 aromatic carbocycles. The van der Waals surface area contributed by atoms with Crippen LogP contribution in [0, 0.1) is 0 Å². The molecule has 0 atom stereocenters. The van der Waals surface area contributed by atoms with E-state index in [1.54, 1.807) is 4.74 Å². The molecule has 0 aliphatic heterocycles. The van der Waals surface area contributed by atoms with Gasteiger partial charge in [-0.1, -0.05) is 0 Å². The summed E-state index contributed by atoms with van der Waals surface area (Å²) in [5.41, 5.74) is 0. The number of carboxylic acid groups (broad SMARTS) is 1. The van der Waals surface area contributed by atoms with Crippen LogP contribution in [0.25, 0.3) is 0 Å². The highest BCUT2D eigenvalue weighted by Crippen LogP contribution is 2.47. The first-order chi connectivity index (χ1) is 8.86. The molecule has 126 valence electrons. The summed E-state index contributed by atoms with van der Waals surface area (Å²) >= 11 is 0. The predicted molar refractivity (Wildman–Crippen MR) is 33.0 cm³/mol. The molecule has 15 heteroatoms. The maximum atomic E-state index is 12.4. The molecule has 0 N–H and O–H groups in total. The van der Waals surface area contributed by atoms with Crippen LogP contribution < -0.4 is 5.11 Å². The molecule has 0 aromatic rings. The van der Waals surface area contributed by atoms with Gasteiger partial charge in [0, 0.05) is 0 Å². The Morgan fingerprint density at radius 2 is 1.00 bits per heavy atom. The van der Waals surface area contributed by atoms with Crippen LogP contribution in [0.5, 0.6) is 0 Å². The second-order valence-corrected chi connectivity index (χ2v) is 3.06. The maximum Gasteiger partial charge on any atom is 0.483 e. The molecule has 0 aromatic heterocycles. The molecule has 0 radical (unpaired) electrons. The van der Waals surface area contributed by atoms with Crippen LogP contribution in [0.2, 0.25) is 0 Å². The summed E-state index contributed by atoms with van der Waals surface area (Å²) in [4.78, 5) is 9.54. The lowest BCUT2D eigenvalue weighted by Gasteiger charge is -2.31. The SMILES string of the molecule is O=C([O-])C(F)(F)OC(F)(F)C(F)(F)OC(F)(F)C(F)(F)F. The number of aliphatic carboxylic acids is 1. The highest BCUT2D eigenvalue weighted by molar-refractivity contribution is 5.71. The van der Waals surface area contributed by atoms with E-state index in [1.165, 1.54) is 4.74 Å². The van der Waals surface area contributed by atoms with Gasteiger partial charge in [0.1, 0.15) is 5.97 Å². The lowest BCUT2D eigenvalue weighted by Crippen LogP contribution is -2.57. The molecule has 0 saturated carbocycles. The minimum absolute atomic E-state index is 1.47. The van der Waals surface area contributed by atoms with Crippen molar-refractivity contribution < 1.29 is 67.7 Å². The van der Waals surface area contributed by atoms with Gasteiger partial charge in [0.05, 0.1) is 0 Å². The molecule has 0 amide bonds. The molecule has 0 saturated heterocycles. The standard InChI is InChI=1S/C6HF11O4/c7-2(8,1(18)19)20-5(14,15)6(16,17)21-4(12,13)3(9,10)11/h(H,18,19)/p-1. The van der Waals surface area contributed by atoms with Crippen LogP contribution >= 0.6 is 0 Å². The summed E-state index contributed by atoms with van der Waals surface area (Å²) in [5.74, 6) is -3.79. The van der Waals surface area contributed by atoms with Gasteiger partial charge in [-0.2, -0.15) is 48.3 Å². The van der Waals surface area contributed by atoms with Gasteiger partial charge in [-0.3, -0.25) is 0 Å². The second-order valence-electron chi connectivity index (χ2n) is 3.06. The Kier molecular flexibility index (Phi) is 4.78. The Morgan fingerprint density at radius 3 is 1.29 bits per heavy atom. The van der Waals surface area contributed by atoms with Crippen molar-refractivity contribution in [2.24, 2.45) is 0 Å². The summed E-state index contributed by atoms with van der Waals surface area (Å²) in [5, 5.41) is 9.54. The third kappa shape index (κ3) is 4.29. The number of hydrogen-bond acceptors (Lipinski definition) is 4. The first-order valence-electron chi connectivity index (χ1n) is 4.05. The molecule has 0 bridgehead atoms. The highest BCUT2D eigenvalue weighted by Gasteiger charge is 2.72. The summed E-state index contributed by atoms with van der Waals surface area (Å²) < 4.78 is 135. The predicted octanol–water partition coefficient (Wildman–Crippen LogP) is 1.70. The molecule has 21 heavy (non-hydrogen) atoms. The van der Waals surface area contributed by atoms with Crippen molar-refractivity contribution in [2.75, 3.05) is 0 Å². The Labute approximate surface area is 106 Å². The van der Waals surface area contributed by atoms with Gasteiger partial charge in [0.25, 0.3) is 0 Å². The molecule has 0 unspecified atom stereocenters. The fraction of sp³-hybridized carbons (Fsp3) is 0.833. The van der Waals surface area contributed by atoms with E-state index in [4.69, 9.17) is 0 Å². The average Bonchev–Trinajstić information content (AvgIpc) is 2.11. The normalized spacial score (nSPS) is 15.2. The number of alkyl halides is 11. The molecule has 0 spiro atoms. The van der Waals surface area contributed by atoms with Crippen molar-refractivity contribution in [1.29, 1.82) is 0 Å². The van der Waals surface area contributed by atoms with Gasteiger partial charge in [-0.15, -0.1) is 0 Å². The van der Waals surface area contributed by atoms with Crippen molar-refractivity contribution >= 4 is 5.97 Å². The van der Waals surface area contributed by atoms with E-state index < -0.39 is 36.6 Å². The van der Waals surface area contributed by atoms with Gasteiger partial charge in [0.2, 0.25) is 0 Å².